The van der Waals surface area contributed by atoms with Crippen molar-refractivity contribution in [2.24, 2.45) is 0 Å². The first-order valence-corrected chi connectivity index (χ1v) is 18.2. The van der Waals surface area contributed by atoms with E-state index in [1.807, 2.05) is 62.4 Å². The van der Waals surface area contributed by atoms with Crippen molar-refractivity contribution in [2.75, 3.05) is 45.6 Å². The average Bonchev–Trinajstić information content (AvgIpc) is 3.04. The number of fused-ring (bicyclic) bond motifs is 1. The number of halogens is 1. The summed E-state index contributed by atoms with van der Waals surface area (Å²) in [4.78, 5) is 24.5. The van der Waals surface area contributed by atoms with Crippen LogP contribution in [0.3, 0.4) is 0 Å². The molecule has 1 amide bonds. The molecule has 3 heterocycles. The van der Waals surface area contributed by atoms with Crippen LogP contribution >= 0.6 is 11.6 Å². The molecule has 0 radical (unpaired) electrons. The normalized spacial score (nSPS) is 17.7. The van der Waals surface area contributed by atoms with Gasteiger partial charge >= 0.3 is 0 Å². The second-order valence-corrected chi connectivity index (χ2v) is 14.9. The van der Waals surface area contributed by atoms with Crippen molar-refractivity contribution in [1.82, 2.24) is 20.1 Å². The summed E-state index contributed by atoms with van der Waals surface area (Å²) in [7, 11) is -3.67. The van der Waals surface area contributed by atoms with Gasteiger partial charge in [0, 0.05) is 48.4 Å². The molecule has 10 heteroatoms. The van der Waals surface area contributed by atoms with E-state index in [-0.39, 0.29) is 21.9 Å². The molecule has 0 aliphatic carbocycles. The maximum absolute atomic E-state index is 14.5. The first kappa shape index (κ1) is 32.6. The summed E-state index contributed by atoms with van der Waals surface area (Å²) < 4.78 is 31.2. The molecule has 3 aromatic carbocycles. The fourth-order valence-electron chi connectivity index (χ4n) is 6.74. The third kappa shape index (κ3) is 7.14. The zero-order valence-corrected chi connectivity index (χ0v) is 28.2. The molecular formula is C36H41ClN4O4S. The second-order valence-electron chi connectivity index (χ2n) is 12.5. The molecular weight excluding hydrogens is 620 g/mol. The van der Waals surface area contributed by atoms with Crippen molar-refractivity contribution in [2.45, 2.75) is 50.2 Å². The van der Waals surface area contributed by atoms with Crippen molar-refractivity contribution >= 4 is 38.2 Å². The number of aryl methyl sites for hydroxylation is 1. The van der Waals surface area contributed by atoms with E-state index in [9.17, 15) is 13.2 Å². The highest BCUT2D eigenvalue weighted by Gasteiger charge is 2.30. The van der Waals surface area contributed by atoms with E-state index < -0.39 is 9.84 Å². The summed E-state index contributed by atoms with van der Waals surface area (Å²) in [5.41, 5.74) is 5.33. The van der Waals surface area contributed by atoms with E-state index in [4.69, 9.17) is 21.3 Å². The number of carbonyl (C=O) groups excluding carboxylic acids is 1. The molecule has 1 N–H and O–H groups in total. The van der Waals surface area contributed by atoms with E-state index in [0.717, 1.165) is 80.7 Å². The summed E-state index contributed by atoms with van der Waals surface area (Å²) in [6, 6.07) is 21.2. The molecule has 0 saturated carbocycles. The van der Waals surface area contributed by atoms with Crippen LogP contribution in [-0.4, -0.2) is 80.8 Å². The number of sulfone groups is 1. The number of likely N-dealkylation sites (tertiary alicyclic amines) is 1. The number of aromatic nitrogens is 1. The fraction of sp³-hybridized carbons (Fsp3) is 0.389. The van der Waals surface area contributed by atoms with E-state index in [1.165, 1.54) is 6.07 Å². The first-order valence-electron chi connectivity index (χ1n) is 15.9. The Kier molecular flexibility index (Phi) is 9.77. The van der Waals surface area contributed by atoms with Crippen molar-refractivity contribution < 1.29 is 17.9 Å². The number of rotatable bonds is 8. The zero-order valence-electron chi connectivity index (χ0n) is 26.6. The van der Waals surface area contributed by atoms with E-state index >= 15 is 0 Å². The van der Waals surface area contributed by atoms with Gasteiger partial charge in [-0.1, -0.05) is 65.7 Å². The topological polar surface area (TPSA) is 91.8 Å². The fourth-order valence-corrected chi connectivity index (χ4v) is 8.06. The highest BCUT2D eigenvalue weighted by Crippen LogP contribution is 2.36. The minimum atomic E-state index is -3.67. The van der Waals surface area contributed by atoms with Crippen molar-refractivity contribution in [3.05, 3.63) is 94.0 Å². The van der Waals surface area contributed by atoms with Crippen molar-refractivity contribution in [3.8, 4) is 11.3 Å². The number of nitrogens with zero attached hydrogens (tertiary/aromatic N) is 3. The SMILES string of the molecule is Cc1cccc(-c2nc3cc(Cl)c(S(C)(=O)=O)cc3c(C(=O)N[C@@H](C)c3ccccc3)c2CN2CCC(N3CCOCC3)CC2)c1. The predicted molar refractivity (Wildman–Crippen MR) is 183 cm³/mol. The molecule has 242 valence electrons. The summed E-state index contributed by atoms with van der Waals surface area (Å²) >= 11 is 6.54. The predicted octanol–water partition coefficient (Wildman–Crippen LogP) is 6.05. The van der Waals surface area contributed by atoms with Crippen LogP contribution in [-0.2, 0) is 21.1 Å². The van der Waals surface area contributed by atoms with Gasteiger partial charge in [-0.25, -0.2) is 13.4 Å². The van der Waals surface area contributed by atoms with Gasteiger partial charge in [0.15, 0.2) is 9.84 Å². The van der Waals surface area contributed by atoms with Crippen molar-refractivity contribution in [1.29, 1.82) is 0 Å². The van der Waals surface area contributed by atoms with Crippen LogP contribution in [0, 0.1) is 6.92 Å². The van der Waals surface area contributed by atoms with Gasteiger partial charge in [-0.15, -0.1) is 0 Å². The number of piperidine rings is 1. The number of morpholine rings is 1. The van der Waals surface area contributed by atoms with Gasteiger partial charge in [-0.2, -0.15) is 0 Å². The van der Waals surface area contributed by atoms with Crippen LogP contribution in [0.1, 0.15) is 52.9 Å². The number of nitrogens with one attached hydrogen (secondary N) is 1. The minimum absolute atomic E-state index is 0.0193. The Balaban J connectivity index is 1.48. The van der Waals surface area contributed by atoms with Gasteiger partial charge in [0.1, 0.15) is 0 Å². The number of pyridine rings is 1. The van der Waals surface area contributed by atoms with Crippen LogP contribution in [0.25, 0.3) is 22.2 Å². The lowest BCUT2D eigenvalue weighted by molar-refractivity contribution is 0.000226. The summed E-state index contributed by atoms with van der Waals surface area (Å²) in [5.74, 6) is -0.280. The average molecular weight is 661 g/mol. The minimum Gasteiger partial charge on any atom is -0.379 e. The number of ether oxygens (including phenoxy) is 1. The van der Waals surface area contributed by atoms with Crippen LogP contribution < -0.4 is 5.32 Å². The molecule has 4 aromatic rings. The summed E-state index contributed by atoms with van der Waals surface area (Å²) in [6.45, 7) is 9.73. The molecule has 0 unspecified atom stereocenters. The lowest BCUT2D eigenvalue weighted by Crippen LogP contribution is -2.48. The Bertz CT molecular complexity index is 1840. The Hall–Kier alpha value is -3.34. The molecule has 6 rings (SSSR count). The van der Waals surface area contributed by atoms with Crippen LogP contribution in [0.2, 0.25) is 5.02 Å². The number of benzene rings is 3. The molecule has 0 spiro atoms. The molecule has 46 heavy (non-hydrogen) atoms. The Morgan fingerprint density at radius 1 is 1.02 bits per heavy atom. The van der Waals surface area contributed by atoms with E-state index in [2.05, 4.69) is 21.2 Å². The third-order valence-electron chi connectivity index (χ3n) is 9.21. The summed E-state index contributed by atoms with van der Waals surface area (Å²) in [6.07, 6.45) is 3.19. The Labute approximate surface area is 276 Å². The third-order valence-corrected chi connectivity index (χ3v) is 10.8. The van der Waals surface area contributed by atoms with Crippen LogP contribution in [0.15, 0.2) is 71.6 Å². The lowest BCUT2D eigenvalue weighted by Gasteiger charge is -2.40. The smallest absolute Gasteiger partial charge is 0.252 e. The Morgan fingerprint density at radius 2 is 1.74 bits per heavy atom. The molecule has 2 aliphatic heterocycles. The van der Waals surface area contributed by atoms with Gasteiger partial charge < -0.3 is 10.1 Å². The van der Waals surface area contributed by atoms with Gasteiger partial charge in [0.25, 0.3) is 5.91 Å². The molecule has 2 aliphatic rings. The van der Waals surface area contributed by atoms with Crippen LogP contribution in [0.5, 0.6) is 0 Å². The standard InChI is InChI=1S/C36H41ClN4O4S/c1-24-8-7-11-27(20-24)35-30(23-40-14-12-28(13-15-40)41-16-18-45-19-17-41)34(36(42)38-25(2)26-9-5-4-6-10-26)29-21-33(46(3,43)44)31(37)22-32(29)39-35/h4-11,20-22,25,28H,12-19,23H2,1-3H3,(H,38,42)/t25-/m0/s1. The Morgan fingerprint density at radius 3 is 2.41 bits per heavy atom. The summed E-state index contributed by atoms with van der Waals surface area (Å²) in [5, 5.41) is 3.76. The van der Waals surface area contributed by atoms with E-state index in [0.29, 0.717) is 34.7 Å². The van der Waals surface area contributed by atoms with Gasteiger partial charge in [-0.3, -0.25) is 14.6 Å². The molecule has 0 bridgehead atoms. The first-order chi connectivity index (χ1) is 22.1. The quantitative estimate of drug-likeness (QED) is 0.246. The number of hydrogen-bond acceptors (Lipinski definition) is 7. The van der Waals surface area contributed by atoms with E-state index in [1.54, 1.807) is 6.07 Å². The van der Waals surface area contributed by atoms with Crippen LogP contribution in [0.4, 0.5) is 0 Å². The monoisotopic (exact) mass is 660 g/mol. The van der Waals surface area contributed by atoms with Crippen molar-refractivity contribution in [3.63, 3.8) is 0 Å². The lowest BCUT2D eigenvalue weighted by atomic mass is 9.93. The number of carbonyl (C=O) groups is 1. The maximum atomic E-state index is 14.5. The maximum Gasteiger partial charge on any atom is 0.252 e. The molecule has 1 atom stereocenters. The van der Waals surface area contributed by atoms with Gasteiger partial charge in [-0.05, 0) is 63.5 Å². The number of amides is 1. The molecule has 2 saturated heterocycles. The second kappa shape index (κ2) is 13.8. The van der Waals surface area contributed by atoms with Gasteiger partial charge in [0.2, 0.25) is 0 Å². The largest absolute Gasteiger partial charge is 0.379 e. The highest BCUT2D eigenvalue weighted by molar-refractivity contribution is 7.90. The molecule has 8 nitrogen and oxygen atoms in total. The number of hydrogen-bond donors (Lipinski definition) is 1. The molecule has 2 fully saturated rings. The molecule has 1 aromatic heterocycles. The highest BCUT2D eigenvalue weighted by atomic mass is 35.5. The zero-order chi connectivity index (χ0) is 32.4. The van der Waals surface area contributed by atoms with Gasteiger partial charge in [0.05, 0.1) is 45.9 Å².